The zero-order valence-electron chi connectivity index (χ0n) is 12.2. The van der Waals surface area contributed by atoms with Gasteiger partial charge in [-0.3, -0.25) is 4.90 Å². The van der Waals surface area contributed by atoms with Gasteiger partial charge in [0.2, 0.25) is 0 Å². The summed E-state index contributed by atoms with van der Waals surface area (Å²) in [6.45, 7) is 10.5. The van der Waals surface area contributed by atoms with Crippen molar-refractivity contribution < 1.29 is 4.74 Å². The predicted molar refractivity (Wildman–Crippen MR) is 79.6 cm³/mol. The minimum atomic E-state index is 0.352. The number of hydrogen-bond donors (Lipinski definition) is 1. The van der Waals surface area contributed by atoms with Gasteiger partial charge in [-0.05, 0) is 37.6 Å². The Hall–Kier alpha value is -0.900. The van der Waals surface area contributed by atoms with Crippen molar-refractivity contribution in [3.05, 3.63) is 35.4 Å². The third kappa shape index (κ3) is 4.60. The van der Waals surface area contributed by atoms with E-state index < -0.39 is 0 Å². The molecule has 1 aliphatic heterocycles. The van der Waals surface area contributed by atoms with E-state index in [1.807, 2.05) is 0 Å². The Balaban J connectivity index is 1.65. The molecule has 0 spiro atoms. The summed E-state index contributed by atoms with van der Waals surface area (Å²) in [7, 11) is 0. The van der Waals surface area contributed by atoms with E-state index in [9.17, 15) is 0 Å². The monoisotopic (exact) mass is 262 g/mol. The van der Waals surface area contributed by atoms with Crippen LogP contribution < -0.4 is 5.32 Å². The van der Waals surface area contributed by atoms with Gasteiger partial charge in [-0.1, -0.05) is 31.2 Å². The van der Waals surface area contributed by atoms with Crippen LogP contribution in [0.1, 0.15) is 18.1 Å². The summed E-state index contributed by atoms with van der Waals surface area (Å²) in [4.78, 5) is 2.46. The van der Waals surface area contributed by atoms with Crippen LogP contribution in [0, 0.1) is 6.92 Å². The van der Waals surface area contributed by atoms with E-state index in [2.05, 4.69) is 48.3 Å². The van der Waals surface area contributed by atoms with Gasteiger partial charge >= 0.3 is 0 Å². The summed E-state index contributed by atoms with van der Waals surface area (Å²) < 4.78 is 5.78. The van der Waals surface area contributed by atoms with Crippen LogP contribution in [0.4, 0.5) is 0 Å². The number of ether oxygens (including phenoxy) is 1. The van der Waals surface area contributed by atoms with E-state index in [0.29, 0.717) is 6.10 Å². The molecule has 1 aromatic rings. The zero-order chi connectivity index (χ0) is 13.5. The molecule has 0 saturated carbocycles. The maximum atomic E-state index is 5.78. The summed E-state index contributed by atoms with van der Waals surface area (Å²) >= 11 is 0. The number of nitrogens with one attached hydrogen (secondary N) is 1. The molecule has 0 radical (unpaired) electrons. The molecule has 1 atom stereocenters. The van der Waals surface area contributed by atoms with E-state index >= 15 is 0 Å². The lowest BCUT2D eigenvalue weighted by Gasteiger charge is -2.32. The fraction of sp³-hybridized carbons (Fsp3) is 0.625. The van der Waals surface area contributed by atoms with Crippen LogP contribution in [0.5, 0.6) is 0 Å². The van der Waals surface area contributed by atoms with Crippen LogP contribution in [0.3, 0.4) is 0 Å². The number of benzene rings is 1. The van der Waals surface area contributed by atoms with Crippen molar-refractivity contribution in [2.24, 2.45) is 0 Å². The first-order valence-corrected chi connectivity index (χ1v) is 7.38. The molecule has 1 saturated heterocycles. The first kappa shape index (κ1) is 14.5. The molecule has 1 heterocycles. The normalized spacial score (nSPS) is 20.6. The summed E-state index contributed by atoms with van der Waals surface area (Å²) in [6, 6.07) is 8.61. The van der Waals surface area contributed by atoms with Crippen LogP contribution in [-0.4, -0.2) is 50.3 Å². The number of rotatable bonds is 6. The molecule has 0 aliphatic carbocycles. The summed E-state index contributed by atoms with van der Waals surface area (Å²) in [5.41, 5.74) is 2.82. The molecule has 1 unspecified atom stereocenters. The molecule has 3 heteroatoms. The van der Waals surface area contributed by atoms with Crippen molar-refractivity contribution >= 4 is 0 Å². The van der Waals surface area contributed by atoms with Gasteiger partial charge in [-0.15, -0.1) is 0 Å². The highest BCUT2D eigenvalue weighted by atomic mass is 16.5. The smallest absolute Gasteiger partial charge is 0.0826 e. The molecule has 1 N–H and O–H groups in total. The van der Waals surface area contributed by atoms with E-state index in [1.54, 1.807) is 0 Å². The van der Waals surface area contributed by atoms with Gasteiger partial charge in [0.05, 0.1) is 12.7 Å². The average Bonchev–Trinajstić information content (AvgIpc) is 2.45. The van der Waals surface area contributed by atoms with Crippen LogP contribution in [0.25, 0.3) is 0 Å². The molecule has 0 aromatic heterocycles. The Morgan fingerprint density at radius 2 is 2.21 bits per heavy atom. The Bertz CT molecular complexity index is 381. The Labute approximate surface area is 116 Å². The fourth-order valence-corrected chi connectivity index (χ4v) is 2.57. The van der Waals surface area contributed by atoms with Crippen LogP contribution in [0.15, 0.2) is 24.3 Å². The Morgan fingerprint density at radius 1 is 1.37 bits per heavy atom. The second kappa shape index (κ2) is 7.63. The summed E-state index contributed by atoms with van der Waals surface area (Å²) in [6.07, 6.45) is 1.45. The topological polar surface area (TPSA) is 24.5 Å². The first-order valence-electron chi connectivity index (χ1n) is 7.38. The summed E-state index contributed by atoms with van der Waals surface area (Å²) in [5.74, 6) is 0. The molecule has 106 valence electrons. The van der Waals surface area contributed by atoms with Crippen molar-refractivity contribution in [3.63, 3.8) is 0 Å². The van der Waals surface area contributed by atoms with E-state index in [0.717, 1.165) is 45.8 Å². The van der Waals surface area contributed by atoms with Crippen molar-refractivity contribution in [2.45, 2.75) is 26.4 Å². The van der Waals surface area contributed by atoms with Crippen molar-refractivity contribution in [3.8, 4) is 0 Å². The lowest BCUT2D eigenvalue weighted by molar-refractivity contribution is -0.0251. The van der Waals surface area contributed by atoms with Crippen molar-refractivity contribution in [2.75, 3.05) is 39.3 Å². The Morgan fingerprint density at radius 3 is 3.00 bits per heavy atom. The molecular formula is C16H26N2O. The average molecular weight is 262 g/mol. The van der Waals surface area contributed by atoms with Gasteiger partial charge in [0, 0.05) is 19.6 Å². The molecule has 1 aromatic carbocycles. The van der Waals surface area contributed by atoms with E-state index in [4.69, 9.17) is 4.74 Å². The number of likely N-dealkylation sites (N-methyl/N-ethyl adjacent to an activating group) is 1. The van der Waals surface area contributed by atoms with Gasteiger partial charge in [-0.2, -0.15) is 0 Å². The number of hydrogen-bond acceptors (Lipinski definition) is 3. The van der Waals surface area contributed by atoms with E-state index in [-0.39, 0.29) is 0 Å². The number of aryl methyl sites for hydroxylation is 1. The van der Waals surface area contributed by atoms with Crippen molar-refractivity contribution in [1.29, 1.82) is 0 Å². The van der Waals surface area contributed by atoms with Gasteiger partial charge in [0.25, 0.3) is 0 Å². The highest BCUT2D eigenvalue weighted by molar-refractivity contribution is 5.25. The molecule has 0 bridgehead atoms. The number of nitrogens with zero attached hydrogens (tertiary/aromatic N) is 1. The predicted octanol–water partition coefficient (Wildman–Crippen LogP) is 1.85. The lowest BCUT2D eigenvalue weighted by atomic mass is 10.1. The van der Waals surface area contributed by atoms with Crippen LogP contribution in [0.2, 0.25) is 0 Å². The largest absolute Gasteiger partial charge is 0.374 e. The minimum absolute atomic E-state index is 0.352. The van der Waals surface area contributed by atoms with Gasteiger partial charge in [0.15, 0.2) is 0 Å². The molecule has 19 heavy (non-hydrogen) atoms. The van der Waals surface area contributed by atoms with Gasteiger partial charge in [0.1, 0.15) is 0 Å². The van der Waals surface area contributed by atoms with Gasteiger partial charge < -0.3 is 10.1 Å². The Kier molecular flexibility index (Phi) is 5.83. The molecule has 1 fully saturated rings. The van der Waals surface area contributed by atoms with Crippen LogP contribution >= 0.6 is 0 Å². The highest BCUT2D eigenvalue weighted by Crippen LogP contribution is 2.07. The quantitative estimate of drug-likeness (QED) is 0.792. The maximum Gasteiger partial charge on any atom is 0.0826 e. The van der Waals surface area contributed by atoms with Crippen molar-refractivity contribution in [1.82, 2.24) is 10.2 Å². The summed E-state index contributed by atoms with van der Waals surface area (Å²) in [5, 5.41) is 3.52. The second-order valence-corrected chi connectivity index (χ2v) is 5.27. The zero-order valence-corrected chi connectivity index (χ0v) is 12.2. The highest BCUT2D eigenvalue weighted by Gasteiger charge is 2.18. The molecule has 3 nitrogen and oxygen atoms in total. The van der Waals surface area contributed by atoms with Crippen LogP contribution in [-0.2, 0) is 11.2 Å². The number of morpholine rings is 1. The third-order valence-corrected chi connectivity index (χ3v) is 3.87. The maximum absolute atomic E-state index is 5.78. The fourth-order valence-electron chi connectivity index (χ4n) is 2.57. The lowest BCUT2D eigenvalue weighted by Crippen LogP contribution is -2.46. The van der Waals surface area contributed by atoms with Gasteiger partial charge in [-0.25, -0.2) is 0 Å². The van der Waals surface area contributed by atoms with E-state index in [1.165, 1.54) is 11.1 Å². The molecular weight excluding hydrogens is 236 g/mol. The molecule has 2 rings (SSSR count). The molecule has 1 aliphatic rings. The second-order valence-electron chi connectivity index (χ2n) is 5.27. The standard InChI is InChI=1S/C16H26N2O/c1-3-18-10-11-19-16(13-18)12-17-9-8-15-7-5-4-6-14(15)2/h4-7,16-17H,3,8-13H2,1-2H3. The first-order chi connectivity index (χ1) is 9.29. The SMILES string of the molecule is CCN1CCOC(CNCCc2ccccc2C)C1. The third-order valence-electron chi connectivity index (χ3n) is 3.87. The molecule has 0 amide bonds. The minimum Gasteiger partial charge on any atom is -0.374 e.